The first-order chi connectivity index (χ1) is 15.3. The summed E-state index contributed by atoms with van der Waals surface area (Å²) in [5.41, 5.74) is -0.281. The number of fused-ring (bicyclic) bond motifs is 1. The third-order valence-corrected chi connectivity index (χ3v) is 6.34. The molecule has 170 valence electrons. The molecule has 0 spiro atoms. The molecule has 1 saturated heterocycles. The van der Waals surface area contributed by atoms with Crippen LogP contribution in [0.2, 0.25) is 0 Å². The van der Waals surface area contributed by atoms with E-state index in [1.165, 1.54) is 23.5 Å². The van der Waals surface area contributed by atoms with Gasteiger partial charge in [0.1, 0.15) is 29.0 Å². The van der Waals surface area contributed by atoms with E-state index in [2.05, 4.69) is 10.3 Å². The van der Waals surface area contributed by atoms with E-state index in [1.807, 2.05) is 30.0 Å². The first-order valence-corrected chi connectivity index (χ1v) is 11.3. The molecule has 1 aliphatic heterocycles. The van der Waals surface area contributed by atoms with E-state index in [4.69, 9.17) is 9.47 Å². The molecular formula is C23H26FN3O4S. The average molecular weight is 460 g/mol. The fraction of sp³-hybridized carbons (Fsp3) is 0.391. The highest BCUT2D eigenvalue weighted by Crippen LogP contribution is 2.30. The van der Waals surface area contributed by atoms with Crippen molar-refractivity contribution in [2.75, 3.05) is 31.6 Å². The van der Waals surface area contributed by atoms with Crippen LogP contribution in [-0.4, -0.2) is 58.8 Å². The van der Waals surface area contributed by atoms with Gasteiger partial charge in [-0.25, -0.2) is 9.37 Å². The minimum Gasteiger partial charge on any atom is -0.494 e. The molecule has 0 aliphatic carbocycles. The van der Waals surface area contributed by atoms with Gasteiger partial charge in [0.2, 0.25) is 5.91 Å². The minimum absolute atomic E-state index is 0.138. The third kappa shape index (κ3) is 5.35. The highest BCUT2D eigenvalue weighted by molar-refractivity contribution is 7.22. The van der Waals surface area contributed by atoms with Crippen molar-refractivity contribution in [1.82, 2.24) is 9.88 Å². The van der Waals surface area contributed by atoms with Gasteiger partial charge in [0.25, 0.3) is 0 Å². The molecule has 32 heavy (non-hydrogen) atoms. The molecule has 3 aromatic rings. The maximum Gasteiger partial charge on any atom is 0.240 e. The molecule has 9 heteroatoms. The van der Waals surface area contributed by atoms with Crippen molar-refractivity contribution in [3.8, 4) is 11.5 Å². The van der Waals surface area contributed by atoms with Crippen LogP contribution in [0.15, 0.2) is 42.5 Å². The Morgan fingerprint density at radius 2 is 2.19 bits per heavy atom. The Hall–Kier alpha value is -2.75. The van der Waals surface area contributed by atoms with E-state index in [0.29, 0.717) is 37.0 Å². The zero-order valence-corrected chi connectivity index (χ0v) is 18.8. The van der Waals surface area contributed by atoms with Gasteiger partial charge < -0.3 is 19.9 Å². The SMILES string of the molecule is CCOc1ccc2nc(NC(=O)CN3CC[C@](C)(O)[C@@H](Oc4cccc(F)c4)C3)sc2c1. The second-order valence-electron chi connectivity index (χ2n) is 8.04. The summed E-state index contributed by atoms with van der Waals surface area (Å²) in [7, 11) is 0. The first kappa shape index (κ1) is 22.4. The van der Waals surface area contributed by atoms with Crippen molar-refractivity contribution < 1.29 is 23.8 Å². The summed E-state index contributed by atoms with van der Waals surface area (Å²) in [6.07, 6.45) is -0.160. The summed E-state index contributed by atoms with van der Waals surface area (Å²) in [4.78, 5) is 19.0. The van der Waals surface area contributed by atoms with Crippen molar-refractivity contribution in [3.63, 3.8) is 0 Å². The number of aromatic nitrogens is 1. The lowest BCUT2D eigenvalue weighted by Gasteiger charge is -2.42. The van der Waals surface area contributed by atoms with E-state index in [9.17, 15) is 14.3 Å². The van der Waals surface area contributed by atoms with E-state index < -0.39 is 17.5 Å². The zero-order chi connectivity index (χ0) is 22.7. The van der Waals surface area contributed by atoms with E-state index in [1.54, 1.807) is 19.1 Å². The van der Waals surface area contributed by atoms with Gasteiger partial charge in [-0.1, -0.05) is 17.4 Å². The van der Waals surface area contributed by atoms with Crippen molar-refractivity contribution in [1.29, 1.82) is 0 Å². The number of benzene rings is 2. The summed E-state index contributed by atoms with van der Waals surface area (Å²) in [6, 6.07) is 11.5. The predicted molar refractivity (Wildman–Crippen MR) is 122 cm³/mol. The van der Waals surface area contributed by atoms with E-state index >= 15 is 0 Å². The maximum absolute atomic E-state index is 13.5. The lowest BCUT2D eigenvalue weighted by molar-refractivity contribution is -0.122. The van der Waals surface area contributed by atoms with Gasteiger partial charge >= 0.3 is 0 Å². The maximum atomic E-state index is 13.5. The number of rotatable bonds is 7. The smallest absolute Gasteiger partial charge is 0.240 e. The topological polar surface area (TPSA) is 83.9 Å². The molecule has 1 aromatic heterocycles. The van der Waals surface area contributed by atoms with Crippen molar-refractivity contribution >= 4 is 32.6 Å². The van der Waals surface area contributed by atoms with Crippen molar-refractivity contribution in [3.05, 3.63) is 48.3 Å². The molecule has 2 N–H and O–H groups in total. The van der Waals surface area contributed by atoms with Crippen LogP contribution in [-0.2, 0) is 4.79 Å². The van der Waals surface area contributed by atoms with Crippen LogP contribution in [0.3, 0.4) is 0 Å². The zero-order valence-electron chi connectivity index (χ0n) is 18.0. The quantitative estimate of drug-likeness (QED) is 0.561. The number of carbonyl (C=O) groups is 1. The molecule has 1 amide bonds. The van der Waals surface area contributed by atoms with Crippen molar-refractivity contribution in [2.45, 2.75) is 32.0 Å². The fourth-order valence-corrected chi connectivity index (χ4v) is 4.57. The molecule has 2 atom stereocenters. The van der Waals surface area contributed by atoms with Crippen LogP contribution in [0, 0.1) is 5.82 Å². The number of halogens is 1. The van der Waals surface area contributed by atoms with Gasteiger partial charge in [0.05, 0.1) is 23.4 Å². The van der Waals surface area contributed by atoms with Gasteiger partial charge in [-0.15, -0.1) is 0 Å². The summed E-state index contributed by atoms with van der Waals surface area (Å²) < 4.78 is 25.8. The van der Waals surface area contributed by atoms with Gasteiger partial charge in [0, 0.05) is 19.2 Å². The number of ether oxygens (including phenoxy) is 2. The van der Waals surface area contributed by atoms with Gasteiger partial charge in [-0.2, -0.15) is 0 Å². The largest absolute Gasteiger partial charge is 0.494 e. The molecule has 0 radical (unpaired) electrons. The Kier molecular flexibility index (Phi) is 6.59. The number of thiazole rings is 1. The number of nitrogens with zero attached hydrogens (tertiary/aromatic N) is 2. The highest BCUT2D eigenvalue weighted by atomic mass is 32.1. The molecule has 2 heterocycles. The molecule has 2 aromatic carbocycles. The first-order valence-electron chi connectivity index (χ1n) is 10.5. The van der Waals surface area contributed by atoms with Crippen LogP contribution in [0.5, 0.6) is 11.5 Å². The number of nitrogens with one attached hydrogen (secondary N) is 1. The minimum atomic E-state index is -1.08. The molecule has 7 nitrogen and oxygen atoms in total. The fourth-order valence-electron chi connectivity index (χ4n) is 3.66. The molecule has 0 saturated carbocycles. The third-order valence-electron chi connectivity index (χ3n) is 5.41. The number of hydrogen-bond donors (Lipinski definition) is 2. The van der Waals surface area contributed by atoms with E-state index in [-0.39, 0.29) is 12.5 Å². The van der Waals surface area contributed by atoms with Gasteiger partial charge in [0.15, 0.2) is 5.13 Å². The van der Waals surface area contributed by atoms with E-state index in [0.717, 1.165) is 16.0 Å². The standard InChI is InChI=1S/C23H26FN3O4S/c1-3-30-16-7-8-18-19(12-16)32-22(25-18)26-21(28)14-27-10-9-23(2,29)20(13-27)31-17-6-4-5-15(24)11-17/h4-8,11-12,20,29H,3,9-10,13-14H2,1-2H3,(H,25,26,28)/t20-,23-/m0/s1. The Morgan fingerprint density at radius 1 is 1.34 bits per heavy atom. The predicted octanol–water partition coefficient (Wildman–Crippen LogP) is 3.68. The Bertz CT molecular complexity index is 1100. The summed E-state index contributed by atoms with van der Waals surface area (Å²) in [5.74, 6) is 0.521. The molecule has 1 fully saturated rings. The molecule has 0 unspecified atom stereocenters. The van der Waals surface area contributed by atoms with Gasteiger partial charge in [-0.05, 0) is 50.6 Å². The number of anilines is 1. The number of amides is 1. The van der Waals surface area contributed by atoms with Crippen LogP contribution in [0.1, 0.15) is 20.3 Å². The van der Waals surface area contributed by atoms with Crippen LogP contribution >= 0.6 is 11.3 Å². The lowest BCUT2D eigenvalue weighted by atomic mass is 9.90. The Morgan fingerprint density at radius 3 is 2.97 bits per heavy atom. The number of hydrogen-bond acceptors (Lipinski definition) is 7. The van der Waals surface area contributed by atoms with Gasteiger partial charge in [-0.3, -0.25) is 9.69 Å². The molecular weight excluding hydrogens is 433 g/mol. The van der Waals surface area contributed by atoms with Crippen molar-refractivity contribution in [2.24, 2.45) is 0 Å². The highest BCUT2D eigenvalue weighted by Gasteiger charge is 2.40. The second-order valence-corrected chi connectivity index (χ2v) is 9.07. The normalized spacial score (nSPS) is 21.4. The summed E-state index contributed by atoms with van der Waals surface area (Å²) >= 11 is 1.39. The van der Waals surface area contributed by atoms with Crippen LogP contribution < -0.4 is 14.8 Å². The average Bonchev–Trinajstić information content (AvgIpc) is 3.12. The Labute approximate surface area is 189 Å². The Balaban J connectivity index is 1.38. The number of likely N-dealkylation sites (tertiary alicyclic amines) is 1. The number of aliphatic hydroxyl groups is 1. The molecule has 0 bridgehead atoms. The second kappa shape index (κ2) is 9.40. The lowest BCUT2D eigenvalue weighted by Crippen LogP contribution is -2.57. The summed E-state index contributed by atoms with van der Waals surface area (Å²) in [5, 5.41) is 14.1. The van der Waals surface area contributed by atoms with Crippen LogP contribution in [0.25, 0.3) is 10.2 Å². The molecule has 4 rings (SSSR count). The summed E-state index contributed by atoms with van der Waals surface area (Å²) in [6.45, 7) is 5.23. The molecule has 1 aliphatic rings. The number of carbonyl (C=O) groups excluding carboxylic acids is 1. The number of piperidine rings is 1. The van der Waals surface area contributed by atoms with Crippen LogP contribution in [0.4, 0.5) is 9.52 Å². The monoisotopic (exact) mass is 459 g/mol.